The molecule has 0 radical (unpaired) electrons. The van der Waals surface area contributed by atoms with E-state index < -0.39 is 279 Å². The van der Waals surface area contributed by atoms with Crippen molar-refractivity contribution in [3.05, 3.63) is 35.4 Å². The first-order valence-electron chi connectivity index (χ1n) is 38.0. The van der Waals surface area contributed by atoms with Crippen LogP contribution in [0.3, 0.4) is 0 Å². The number of carboxylic acids is 1. The van der Waals surface area contributed by atoms with Gasteiger partial charge in [0, 0.05) is 11.5 Å². The standard InChI is InChI=1S/C75H112O36/c1-31-53(105-44(82)14-11-33-21-39(96-8)56(98-10)40(22-33)97-9)50(88)58(109-64-52(90)57(108-66-59(91)75(95,29-78)30-101-66)54(32(2)102-64)106-62-51(89)55(38(81)27-100-62)107-61-48(86)45(83)37(80)26-99-61)65(103-31)111-68(94)73-18-17-69(3,4)23-35(73)34-12-13-42-70(5)24-36(79)60(110-63-49(87)47(85)46(84)41(25-76)104-63)72(7,67(92)93)43(70)15-16-71(42,6)74(34,28-77)20-19-73/h11-12,14,21-22,31-32,35-38,41-43,45-55,57-66,76-81,83-91,95H,13,15-20,23-30H2,1-10H3,(H,92,93)/b14-11+/t31-,32+,35+,36+,37+,38-,41-,42-,43-,45+,46-,47+,48-,49-,50+,51-,52-,53+,54+,55+,57+,58-,59+,60+,61+,62+,63+,64+,65+,66+,70-,71-,72+,73+,74+,75-/m1/s1. The third-order valence-electron chi connectivity index (χ3n) is 26.9. The van der Waals surface area contributed by atoms with Crippen molar-refractivity contribution in [1.29, 1.82) is 0 Å². The van der Waals surface area contributed by atoms with Crippen molar-refractivity contribution in [1.82, 2.24) is 0 Å². The number of ether oxygens (including phenoxy) is 16. The molecule has 6 heterocycles. The molecule has 6 aliphatic heterocycles. The number of fused-ring (bicyclic) bond motifs is 7. The second-order valence-corrected chi connectivity index (χ2v) is 33.7. The number of benzene rings is 1. The largest absolute Gasteiger partial charge is 0.493 e. The highest BCUT2D eigenvalue weighted by Crippen LogP contribution is 2.76. The maximum atomic E-state index is 16.2. The van der Waals surface area contributed by atoms with Crippen LogP contribution in [0.15, 0.2) is 29.9 Å². The number of aliphatic hydroxyl groups excluding tert-OH is 15. The normalized spacial score (nSPS) is 48.4. The Morgan fingerprint density at radius 3 is 1.78 bits per heavy atom. The van der Waals surface area contributed by atoms with E-state index in [1.54, 1.807) is 12.1 Å². The molecule has 5 aliphatic carbocycles. The molecule has 0 spiro atoms. The minimum absolute atomic E-state index is 0.0230. The molecule has 6 saturated heterocycles. The zero-order valence-electron chi connectivity index (χ0n) is 63.7. The topological polar surface area (TPSA) is 543 Å². The molecule has 36 heteroatoms. The highest BCUT2D eigenvalue weighted by atomic mass is 16.8. The van der Waals surface area contributed by atoms with Crippen LogP contribution in [0.25, 0.3) is 6.08 Å². The molecule has 111 heavy (non-hydrogen) atoms. The van der Waals surface area contributed by atoms with E-state index in [1.807, 2.05) is 13.0 Å². The van der Waals surface area contributed by atoms with Crippen LogP contribution in [-0.4, -0.2) is 337 Å². The number of carbonyl (C=O) groups is 3. The molecule has 628 valence electrons. The molecule has 36 nitrogen and oxygen atoms in total. The average molecular weight is 1590 g/mol. The summed E-state index contributed by atoms with van der Waals surface area (Å²) >= 11 is 0. The summed E-state index contributed by atoms with van der Waals surface area (Å²) in [6.07, 6.45) is -41.1. The van der Waals surface area contributed by atoms with E-state index in [4.69, 9.17) is 75.8 Å². The van der Waals surface area contributed by atoms with Crippen molar-refractivity contribution in [2.24, 2.45) is 50.2 Å². The highest BCUT2D eigenvalue weighted by Gasteiger charge is 2.74. The van der Waals surface area contributed by atoms with E-state index >= 15 is 4.79 Å². The summed E-state index contributed by atoms with van der Waals surface area (Å²) in [7, 11) is 4.22. The van der Waals surface area contributed by atoms with Crippen molar-refractivity contribution in [2.75, 3.05) is 61.0 Å². The summed E-state index contributed by atoms with van der Waals surface area (Å²) in [6, 6.07) is 3.11. The summed E-state index contributed by atoms with van der Waals surface area (Å²) in [5.74, 6) is -4.19. The van der Waals surface area contributed by atoms with Gasteiger partial charge in [0.2, 0.25) is 12.0 Å². The predicted octanol–water partition coefficient (Wildman–Crippen LogP) is -3.11. The van der Waals surface area contributed by atoms with E-state index in [2.05, 4.69) is 20.8 Å². The molecule has 0 unspecified atom stereocenters. The Morgan fingerprint density at radius 2 is 1.15 bits per heavy atom. The van der Waals surface area contributed by atoms with E-state index in [0.29, 0.717) is 31.2 Å². The number of aliphatic hydroxyl groups is 16. The molecule has 10 fully saturated rings. The Bertz CT molecular complexity index is 3480. The molecular weight excluding hydrogens is 1480 g/mol. The number of esters is 2. The first-order valence-corrected chi connectivity index (χ1v) is 38.0. The average Bonchev–Trinajstić information content (AvgIpc) is 1.10. The summed E-state index contributed by atoms with van der Waals surface area (Å²) in [4.78, 5) is 44.3. The van der Waals surface area contributed by atoms with Gasteiger partial charge in [0.05, 0.1) is 90.1 Å². The van der Waals surface area contributed by atoms with Gasteiger partial charge < -0.3 is 163 Å². The molecule has 36 atom stereocenters. The third-order valence-corrected chi connectivity index (χ3v) is 26.9. The fraction of sp³-hybridized carbons (Fsp3) is 0.827. The second kappa shape index (κ2) is 32.7. The summed E-state index contributed by atoms with van der Waals surface area (Å²) in [5, 5.41) is 191. The van der Waals surface area contributed by atoms with Crippen molar-refractivity contribution < 1.29 is 177 Å². The Labute approximate surface area is 640 Å². The number of aliphatic carboxylic acids is 1. The Kier molecular flexibility index (Phi) is 25.3. The van der Waals surface area contributed by atoms with E-state index in [1.165, 1.54) is 48.2 Å². The van der Waals surface area contributed by atoms with Crippen LogP contribution in [0.5, 0.6) is 17.2 Å². The predicted molar refractivity (Wildman–Crippen MR) is 371 cm³/mol. The zero-order chi connectivity index (χ0) is 80.9. The number of carboxylic acid groups (broad SMARTS) is 1. The lowest BCUT2D eigenvalue weighted by molar-refractivity contribution is -0.388. The SMILES string of the molecule is COc1cc(/C=C/C(=O)O[C@@H]2[C@H](O)[C@@H](O[C@@H]3O[C@@H](C)[C@H](O[C@@H]4OC[C@@H](O)[C@H](O[C@@H]5OC[C@H](O)[C@H](O)[C@H]5O)[C@H]4O)[C@@H](O[C@@H]4OC[C@](O)(CO)[C@H]4O)[C@H]3O)[C@H](OC(=O)[C@]34CCC(C)(C)C[C@H]3C3=CC[C@@H]5[C@@]6(C)C[C@H](O)[C@H](O[C@@H]7O[C@H](CO)[C@@H](O)[C@H](O)[C@H]7O)[C@@](C)(C(=O)O)[C@@H]6CC[C@@]5(C)[C@]3(CO)CC4)O[C@@H]2C)cc(OC)c1OC. The molecule has 0 bridgehead atoms. The Morgan fingerprint density at radius 1 is 0.559 bits per heavy atom. The van der Waals surface area contributed by atoms with Crippen LogP contribution in [0.1, 0.15) is 112 Å². The van der Waals surface area contributed by atoms with Gasteiger partial charge in [0.25, 0.3) is 0 Å². The number of methoxy groups -OCH3 is 3. The molecule has 17 N–H and O–H groups in total. The Balaban J connectivity index is 0.857. The Hall–Kier alpha value is -4.57. The number of hydrogen-bond donors (Lipinski definition) is 17. The smallest absolute Gasteiger partial charge is 0.331 e. The maximum absolute atomic E-state index is 16.2. The second-order valence-electron chi connectivity index (χ2n) is 33.7. The van der Waals surface area contributed by atoms with Gasteiger partial charge >= 0.3 is 17.9 Å². The monoisotopic (exact) mass is 1590 g/mol. The lowest BCUT2D eigenvalue weighted by Crippen LogP contribution is -2.71. The van der Waals surface area contributed by atoms with Crippen LogP contribution in [0, 0.1) is 50.2 Å². The number of hydrogen-bond acceptors (Lipinski definition) is 35. The van der Waals surface area contributed by atoms with Gasteiger partial charge in [-0.15, -0.1) is 0 Å². The van der Waals surface area contributed by atoms with Crippen molar-refractivity contribution in [3.8, 4) is 17.2 Å². The molecule has 11 aliphatic rings. The van der Waals surface area contributed by atoms with Crippen LogP contribution in [0.4, 0.5) is 0 Å². The van der Waals surface area contributed by atoms with Crippen LogP contribution >= 0.6 is 0 Å². The minimum Gasteiger partial charge on any atom is -0.493 e. The van der Waals surface area contributed by atoms with Gasteiger partial charge in [-0.1, -0.05) is 39.3 Å². The molecule has 4 saturated carbocycles. The number of carbonyl (C=O) groups excluding carboxylic acids is 2. The first-order chi connectivity index (χ1) is 52.3. The van der Waals surface area contributed by atoms with Crippen LogP contribution in [-0.2, 0) is 76.0 Å². The van der Waals surface area contributed by atoms with E-state index in [0.717, 1.165) is 11.6 Å². The molecule has 12 rings (SSSR count). The quantitative estimate of drug-likeness (QED) is 0.0236. The van der Waals surface area contributed by atoms with Gasteiger partial charge in [-0.05, 0) is 136 Å². The van der Waals surface area contributed by atoms with E-state index in [9.17, 15) is 96.4 Å². The molecule has 1 aromatic carbocycles. The summed E-state index contributed by atoms with van der Waals surface area (Å²) in [5.41, 5.74) is -7.77. The molecule has 1 aromatic rings. The van der Waals surface area contributed by atoms with Gasteiger partial charge in [0.15, 0.2) is 55.2 Å². The van der Waals surface area contributed by atoms with Gasteiger partial charge in [-0.2, -0.15) is 0 Å². The fourth-order valence-corrected chi connectivity index (χ4v) is 20.5. The first kappa shape index (κ1) is 85.8. The highest BCUT2D eigenvalue weighted by molar-refractivity contribution is 5.87. The van der Waals surface area contributed by atoms with Crippen molar-refractivity contribution >= 4 is 24.0 Å². The number of rotatable bonds is 22. The van der Waals surface area contributed by atoms with Crippen LogP contribution < -0.4 is 14.2 Å². The zero-order valence-corrected chi connectivity index (χ0v) is 63.7. The summed E-state index contributed by atoms with van der Waals surface area (Å²) < 4.78 is 95.6. The molecular formula is C75H112O36. The molecule has 0 amide bonds. The third kappa shape index (κ3) is 15.0. The van der Waals surface area contributed by atoms with Crippen molar-refractivity contribution in [2.45, 2.75) is 278 Å². The minimum atomic E-state index is -2.31. The van der Waals surface area contributed by atoms with E-state index in [-0.39, 0.29) is 49.4 Å². The maximum Gasteiger partial charge on any atom is 0.331 e. The van der Waals surface area contributed by atoms with Gasteiger partial charge in [-0.25, -0.2) is 4.79 Å². The molecule has 0 aromatic heterocycles. The lowest BCUT2D eigenvalue weighted by Gasteiger charge is -2.71. The fourth-order valence-electron chi connectivity index (χ4n) is 20.5. The lowest BCUT2D eigenvalue weighted by atomic mass is 9.33. The van der Waals surface area contributed by atoms with Crippen LogP contribution in [0.2, 0.25) is 0 Å². The van der Waals surface area contributed by atoms with Gasteiger partial charge in [-0.3, -0.25) is 9.59 Å². The van der Waals surface area contributed by atoms with Gasteiger partial charge in [0.1, 0.15) is 103 Å². The number of allylic oxidation sites excluding steroid dienone is 1. The summed E-state index contributed by atoms with van der Waals surface area (Å²) in [6.45, 7) is 8.42. The van der Waals surface area contributed by atoms with Crippen molar-refractivity contribution in [3.63, 3.8) is 0 Å².